The third-order valence-electron chi connectivity index (χ3n) is 1.47. The van der Waals surface area contributed by atoms with E-state index in [2.05, 4.69) is 0 Å². The number of halogens is 3. The molecule has 0 amide bonds. The van der Waals surface area contributed by atoms with Crippen molar-refractivity contribution in [1.29, 1.82) is 0 Å². The summed E-state index contributed by atoms with van der Waals surface area (Å²) in [6, 6.07) is 3.55. The lowest BCUT2D eigenvalue weighted by atomic mass is 10.1. The fourth-order valence-electron chi connectivity index (χ4n) is 0.849. The number of alkyl halides is 1. The number of benzene rings is 1. The van der Waals surface area contributed by atoms with Crippen LogP contribution in [0.25, 0.3) is 0 Å². The molecule has 13 heavy (non-hydrogen) atoms. The summed E-state index contributed by atoms with van der Waals surface area (Å²) in [5, 5.41) is 7.98. The molecule has 0 fully saturated rings. The van der Waals surface area contributed by atoms with Crippen molar-refractivity contribution in [1.82, 2.24) is 0 Å². The molecule has 70 valence electrons. The number of carboxylic acid groups (broad SMARTS) is 1. The van der Waals surface area contributed by atoms with Crippen molar-refractivity contribution in [3.63, 3.8) is 0 Å². The summed E-state index contributed by atoms with van der Waals surface area (Å²) in [4.78, 5) is 10.2. The van der Waals surface area contributed by atoms with Gasteiger partial charge in [0.2, 0.25) is 6.17 Å². The van der Waals surface area contributed by atoms with Crippen molar-refractivity contribution in [2.75, 3.05) is 0 Å². The molecule has 1 unspecified atom stereocenters. The zero-order valence-corrected chi connectivity index (χ0v) is 7.05. The lowest BCUT2D eigenvalue weighted by molar-refractivity contribution is -0.143. The molecule has 1 aromatic carbocycles. The fraction of sp³-hybridized carbons (Fsp3) is 0.125. The molecule has 5 heteroatoms. The van der Waals surface area contributed by atoms with Gasteiger partial charge in [0, 0.05) is 5.56 Å². The van der Waals surface area contributed by atoms with Gasteiger partial charge in [0.1, 0.15) is 5.82 Å². The van der Waals surface area contributed by atoms with Crippen LogP contribution in [0.3, 0.4) is 0 Å². The zero-order valence-electron chi connectivity index (χ0n) is 6.30. The lowest BCUT2D eigenvalue weighted by Gasteiger charge is -2.05. The minimum Gasteiger partial charge on any atom is -0.479 e. The highest BCUT2D eigenvalue weighted by Gasteiger charge is 2.22. The zero-order chi connectivity index (χ0) is 10.0. The molecular formula is C8H5ClF2O2. The van der Waals surface area contributed by atoms with Crippen LogP contribution in [0.2, 0.25) is 5.02 Å². The molecule has 0 aliphatic rings. The molecule has 1 rings (SSSR count). The highest BCUT2D eigenvalue weighted by Crippen LogP contribution is 2.25. The number of hydrogen-bond acceptors (Lipinski definition) is 1. The second-order valence-electron chi connectivity index (χ2n) is 2.34. The first-order chi connectivity index (χ1) is 6.04. The van der Waals surface area contributed by atoms with Gasteiger partial charge in [-0.1, -0.05) is 23.7 Å². The number of carbonyl (C=O) groups is 1. The van der Waals surface area contributed by atoms with Gasteiger partial charge in [-0.2, -0.15) is 0 Å². The molecule has 0 heterocycles. The van der Waals surface area contributed by atoms with E-state index in [9.17, 15) is 13.6 Å². The Kier molecular flexibility index (Phi) is 2.83. The van der Waals surface area contributed by atoms with E-state index in [-0.39, 0.29) is 5.02 Å². The van der Waals surface area contributed by atoms with Gasteiger partial charge in [0.25, 0.3) is 0 Å². The SMILES string of the molecule is O=C(O)C(F)c1cccc(Cl)c1F. The van der Waals surface area contributed by atoms with Gasteiger partial charge in [-0.15, -0.1) is 0 Å². The maximum absolute atomic E-state index is 13.0. The van der Waals surface area contributed by atoms with E-state index < -0.39 is 23.5 Å². The predicted molar refractivity (Wildman–Crippen MR) is 42.9 cm³/mol. The summed E-state index contributed by atoms with van der Waals surface area (Å²) in [6.07, 6.45) is -2.38. The first-order valence-corrected chi connectivity index (χ1v) is 3.72. The summed E-state index contributed by atoms with van der Waals surface area (Å²) < 4.78 is 25.8. The fourth-order valence-corrected chi connectivity index (χ4v) is 1.03. The lowest BCUT2D eigenvalue weighted by Crippen LogP contribution is -2.08. The Labute approximate surface area is 77.8 Å². The summed E-state index contributed by atoms with van der Waals surface area (Å²) >= 11 is 5.33. The molecule has 0 bridgehead atoms. The minimum atomic E-state index is -2.38. The van der Waals surface area contributed by atoms with Crippen LogP contribution >= 0.6 is 11.6 Å². The monoisotopic (exact) mass is 206 g/mol. The highest BCUT2D eigenvalue weighted by molar-refractivity contribution is 6.30. The molecule has 2 nitrogen and oxygen atoms in total. The Bertz CT molecular complexity index is 341. The molecular weight excluding hydrogens is 202 g/mol. The summed E-state index contributed by atoms with van der Waals surface area (Å²) in [6.45, 7) is 0. The van der Waals surface area contributed by atoms with E-state index in [0.29, 0.717) is 0 Å². The highest BCUT2D eigenvalue weighted by atomic mass is 35.5. The predicted octanol–water partition coefficient (Wildman–Crippen LogP) is 2.57. The Hall–Kier alpha value is -1.16. The second kappa shape index (κ2) is 3.70. The molecule has 1 atom stereocenters. The molecule has 0 saturated heterocycles. The first-order valence-electron chi connectivity index (χ1n) is 3.35. The molecule has 1 N–H and O–H groups in total. The van der Waals surface area contributed by atoms with Gasteiger partial charge in [-0.3, -0.25) is 0 Å². The van der Waals surface area contributed by atoms with E-state index in [1.54, 1.807) is 0 Å². The molecule has 0 spiro atoms. The number of rotatable bonds is 2. The Morgan fingerprint density at radius 2 is 2.15 bits per heavy atom. The smallest absolute Gasteiger partial charge is 0.343 e. The average molecular weight is 207 g/mol. The van der Waals surface area contributed by atoms with Gasteiger partial charge >= 0.3 is 5.97 Å². The quantitative estimate of drug-likeness (QED) is 0.808. The maximum atomic E-state index is 13.0. The van der Waals surface area contributed by atoms with Crippen LogP contribution in [0.1, 0.15) is 11.7 Å². The van der Waals surface area contributed by atoms with E-state index in [1.807, 2.05) is 0 Å². The van der Waals surface area contributed by atoms with Gasteiger partial charge in [-0.05, 0) is 6.07 Å². The third-order valence-corrected chi connectivity index (χ3v) is 1.76. The molecule has 0 aliphatic heterocycles. The van der Waals surface area contributed by atoms with Gasteiger partial charge in [0.15, 0.2) is 0 Å². The summed E-state index contributed by atoms with van der Waals surface area (Å²) in [5.41, 5.74) is -0.556. The molecule has 0 aromatic heterocycles. The van der Waals surface area contributed by atoms with Gasteiger partial charge in [0.05, 0.1) is 5.02 Å². The largest absolute Gasteiger partial charge is 0.479 e. The molecule has 1 aromatic rings. The molecule has 0 aliphatic carbocycles. The number of hydrogen-bond donors (Lipinski definition) is 1. The number of carboxylic acids is 1. The first kappa shape index (κ1) is 9.92. The van der Waals surface area contributed by atoms with E-state index in [1.165, 1.54) is 12.1 Å². The van der Waals surface area contributed by atoms with E-state index in [4.69, 9.17) is 16.7 Å². The summed E-state index contributed by atoms with van der Waals surface area (Å²) in [7, 11) is 0. The van der Waals surface area contributed by atoms with Crippen molar-refractivity contribution < 1.29 is 18.7 Å². The van der Waals surface area contributed by atoms with Crippen molar-refractivity contribution in [3.05, 3.63) is 34.6 Å². The third kappa shape index (κ3) is 1.95. The van der Waals surface area contributed by atoms with Crippen LogP contribution in [-0.4, -0.2) is 11.1 Å². The normalized spacial score (nSPS) is 12.5. The average Bonchev–Trinajstić information content (AvgIpc) is 2.08. The van der Waals surface area contributed by atoms with Crippen molar-refractivity contribution in [2.24, 2.45) is 0 Å². The van der Waals surface area contributed by atoms with E-state index in [0.717, 1.165) is 6.07 Å². The second-order valence-corrected chi connectivity index (χ2v) is 2.75. The topological polar surface area (TPSA) is 37.3 Å². The van der Waals surface area contributed by atoms with Crippen molar-refractivity contribution in [2.45, 2.75) is 6.17 Å². The molecule has 0 saturated carbocycles. The maximum Gasteiger partial charge on any atom is 0.343 e. The van der Waals surface area contributed by atoms with Crippen LogP contribution in [0, 0.1) is 5.82 Å². The van der Waals surface area contributed by atoms with Crippen LogP contribution in [-0.2, 0) is 4.79 Å². The van der Waals surface area contributed by atoms with Crippen LogP contribution in [0.15, 0.2) is 18.2 Å². The van der Waals surface area contributed by atoms with Gasteiger partial charge in [-0.25, -0.2) is 13.6 Å². The van der Waals surface area contributed by atoms with Crippen molar-refractivity contribution >= 4 is 17.6 Å². The van der Waals surface area contributed by atoms with E-state index >= 15 is 0 Å². The molecule has 0 radical (unpaired) electrons. The summed E-state index contributed by atoms with van der Waals surface area (Å²) in [5.74, 6) is -2.76. The van der Waals surface area contributed by atoms with Gasteiger partial charge < -0.3 is 5.11 Å². The van der Waals surface area contributed by atoms with Crippen molar-refractivity contribution in [3.8, 4) is 0 Å². The van der Waals surface area contributed by atoms with Crippen LogP contribution in [0.4, 0.5) is 8.78 Å². The van der Waals surface area contributed by atoms with Crippen LogP contribution < -0.4 is 0 Å². The Balaban J connectivity index is 3.15. The van der Waals surface area contributed by atoms with Crippen LogP contribution in [0.5, 0.6) is 0 Å². The minimum absolute atomic E-state index is 0.290. The number of aliphatic carboxylic acids is 1. The Morgan fingerprint density at radius 1 is 1.54 bits per heavy atom. The Morgan fingerprint density at radius 3 is 2.69 bits per heavy atom. The standard InChI is InChI=1S/C8H5ClF2O2/c9-5-3-1-2-4(6(5)10)7(11)8(12)13/h1-3,7H,(H,12,13).